The number of aliphatic hydroxyl groups excluding tert-OH is 1. The summed E-state index contributed by atoms with van der Waals surface area (Å²) in [5, 5.41) is 15.4. The Bertz CT molecular complexity index is 1140. The number of hydrogen-bond acceptors (Lipinski definition) is 4. The molecule has 5 rings (SSSR count). The lowest BCUT2D eigenvalue weighted by Gasteiger charge is -2.19. The van der Waals surface area contributed by atoms with E-state index in [1.165, 1.54) is 5.56 Å². The van der Waals surface area contributed by atoms with Gasteiger partial charge in [0.25, 0.3) is 0 Å². The summed E-state index contributed by atoms with van der Waals surface area (Å²) in [5.41, 5.74) is 4.83. The molecule has 1 aliphatic carbocycles. The van der Waals surface area contributed by atoms with Crippen LogP contribution in [0.5, 0.6) is 0 Å². The molecule has 3 heterocycles. The molecule has 0 amide bonds. The number of aromatic amines is 1. The smallest absolute Gasteiger partial charge is 0.138 e. The molecule has 2 atom stereocenters. The van der Waals surface area contributed by atoms with E-state index in [0.29, 0.717) is 11.4 Å². The molecule has 6 heteroatoms. The average molecular weight is 377 g/mol. The van der Waals surface area contributed by atoms with Gasteiger partial charge in [0.1, 0.15) is 11.5 Å². The van der Waals surface area contributed by atoms with Crippen molar-refractivity contribution in [3.63, 3.8) is 0 Å². The highest BCUT2D eigenvalue weighted by atomic mass is 35.5. The first-order chi connectivity index (χ1) is 13.2. The van der Waals surface area contributed by atoms with Crippen molar-refractivity contribution in [2.45, 2.75) is 18.6 Å². The third-order valence-corrected chi connectivity index (χ3v) is 5.24. The topological polar surface area (TPSA) is 73.8 Å². The van der Waals surface area contributed by atoms with E-state index in [1.807, 2.05) is 42.6 Å². The Balaban J connectivity index is 1.50. The number of anilines is 1. The van der Waals surface area contributed by atoms with Crippen molar-refractivity contribution in [2.24, 2.45) is 0 Å². The third kappa shape index (κ3) is 2.85. The van der Waals surface area contributed by atoms with Crippen molar-refractivity contribution in [1.82, 2.24) is 15.0 Å². The molecule has 0 aliphatic heterocycles. The number of rotatable bonds is 3. The summed E-state index contributed by atoms with van der Waals surface area (Å²) in [7, 11) is 0. The van der Waals surface area contributed by atoms with Crippen molar-refractivity contribution in [2.75, 3.05) is 5.32 Å². The van der Waals surface area contributed by atoms with Crippen LogP contribution < -0.4 is 5.32 Å². The fraction of sp³-hybridized carbons (Fsp3) is 0.143. The molecule has 0 saturated carbocycles. The lowest BCUT2D eigenvalue weighted by atomic mass is 10.1. The van der Waals surface area contributed by atoms with Crippen molar-refractivity contribution in [3.8, 4) is 11.3 Å². The van der Waals surface area contributed by atoms with E-state index in [1.54, 1.807) is 6.20 Å². The van der Waals surface area contributed by atoms with E-state index in [2.05, 4.69) is 27.4 Å². The molecule has 5 nitrogen and oxygen atoms in total. The van der Waals surface area contributed by atoms with Gasteiger partial charge in [-0.1, -0.05) is 41.9 Å². The number of benzene rings is 1. The molecular formula is C21H17ClN4O. The average Bonchev–Trinajstić information content (AvgIpc) is 3.23. The molecule has 0 spiro atoms. The van der Waals surface area contributed by atoms with Gasteiger partial charge in [0.05, 0.1) is 22.9 Å². The fourth-order valence-electron chi connectivity index (χ4n) is 3.76. The predicted octanol–water partition coefficient (Wildman–Crippen LogP) is 4.35. The summed E-state index contributed by atoms with van der Waals surface area (Å²) < 4.78 is 0. The normalized spacial score (nSPS) is 18.6. The summed E-state index contributed by atoms with van der Waals surface area (Å²) >= 11 is 6.11. The van der Waals surface area contributed by atoms with Gasteiger partial charge in [0.15, 0.2) is 0 Å². The van der Waals surface area contributed by atoms with Crippen LogP contribution in [-0.2, 0) is 6.42 Å². The van der Waals surface area contributed by atoms with Crippen LogP contribution in [-0.4, -0.2) is 26.2 Å². The molecule has 3 aromatic heterocycles. The van der Waals surface area contributed by atoms with Gasteiger partial charge >= 0.3 is 0 Å². The lowest BCUT2D eigenvalue weighted by molar-refractivity contribution is 0.165. The molecule has 0 saturated heterocycles. The number of halogens is 1. The summed E-state index contributed by atoms with van der Waals surface area (Å²) in [6, 6.07) is 15.7. The Morgan fingerprint density at radius 3 is 2.96 bits per heavy atom. The molecule has 0 radical (unpaired) electrons. The van der Waals surface area contributed by atoms with Crippen molar-refractivity contribution in [3.05, 3.63) is 77.1 Å². The van der Waals surface area contributed by atoms with E-state index in [9.17, 15) is 5.11 Å². The lowest BCUT2D eigenvalue weighted by Crippen LogP contribution is -2.21. The van der Waals surface area contributed by atoms with E-state index in [0.717, 1.165) is 33.7 Å². The Labute approximate surface area is 161 Å². The van der Waals surface area contributed by atoms with Crippen molar-refractivity contribution >= 4 is 28.5 Å². The van der Waals surface area contributed by atoms with Crippen LogP contribution in [0.25, 0.3) is 22.3 Å². The summed E-state index contributed by atoms with van der Waals surface area (Å²) in [5.74, 6) is 0.720. The van der Waals surface area contributed by atoms with E-state index < -0.39 is 6.10 Å². The standard InChI is InChI=1S/C21H17ClN4O/c22-13-9-15-16(11-24-21(15)23-10-13)17-6-3-7-19(25-17)26-20-14-5-2-1-4-12(14)8-18(20)27/h1-7,9-11,18,20,27H,8H2,(H,23,24)(H,25,26)/t18-,20+/m1/s1. The molecule has 27 heavy (non-hydrogen) atoms. The van der Waals surface area contributed by atoms with Crippen LogP contribution in [0, 0.1) is 0 Å². The fourth-order valence-corrected chi connectivity index (χ4v) is 3.92. The highest BCUT2D eigenvalue weighted by molar-refractivity contribution is 6.31. The molecule has 1 aliphatic rings. The predicted molar refractivity (Wildman–Crippen MR) is 107 cm³/mol. The molecule has 134 valence electrons. The van der Waals surface area contributed by atoms with Crippen molar-refractivity contribution in [1.29, 1.82) is 0 Å². The van der Waals surface area contributed by atoms with Crippen LogP contribution in [0.4, 0.5) is 5.82 Å². The van der Waals surface area contributed by atoms with Crippen molar-refractivity contribution < 1.29 is 5.11 Å². The first-order valence-electron chi connectivity index (χ1n) is 8.81. The maximum absolute atomic E-state index is 10.5. The summed E-state index contributed by atoms with van der Waals surface area (Å²) in [6.45, 7) is 0. The minimum Gasteiger partial charge on any atom is -0.390 e. The SMILES string of the molecule is O[C@@H]1Cc2ccccc2[C@@H]1Nc1cccc(-c2c[nH]c3ncc(Cl)cc23)n1. The van der Waals surface area contributed by atoms with E-state index in [-0.39, 0.29) is 6.04 Å². The summed E-state index contributed by atoms with van der Waals surface area (Å²) in [4.78, 5) is 12.2. The van der Waals surface area contributed by atoms with Gasteiger partial charge in [-0.3, -0.25) is 0 Å². The monoisotopic (exact) mass is 376 g/mol. The number of nitrogens with zero attached hydrogens (tertiary/aromatic N) is 2. The molecule has 0 fully saturated rings. The number of hydrogen-bond donors (Lipinski definition) is 3. The largest absolute Gasteiger partial charge is 0.390 e. The van der Waals surface area contributed by atoms with Crippen LogP contribution in [0.3, 0.4) is 0 Å². The zero-order chi connectivity index (χ0) is 18.4. The molecule has 1 aromatic carbocycles. The number of fused-ring (bicyclic) bond motifs is 2. The van der Waals surface area contributed by atoms with Gasteiger partial charge in [-0.05, 0) is 29.3 Å². The Morgan fingerprint density at radius 2 is 2.04 bits per heavy atom. The second-order valence-electron chi connectivity index (χ2n) is 6.75. The Kier molecular flexibility index (Phi) is 3.85. The van der Waals surface area contributed by atoms with Gasteiger partial charge in [-0.15, -0.1) is 0 Å². The Morgan fingerprint density at radius 1 is 1.15 bits per heavy atom. The van der Waals surface area contributed by atoms with Crippen LogP contribution >= 0.6 is 11.6 Å². The van der Waals surface area contributed by atoms with Gasteiger partial charge in [-0.25, -0.2) is 9.97 Å². The van der Waals surface area contributed by atoms with E-state index in [4.69, 9.17) is 16.6 Å². The van der Waals surface area contributed by atoms with Gasteiger partial charge in [0.2, 0.25) is 0 Å². The highest BCUT2D eigenvalue weighted by Gasteiger charge is 2.30. The third-order valence-electron chi connectivity index (χ3n) is 5.03. The maximum atomic E-state index is 10.5. The molecule has 0 bridgehead atoms. The number of aliphatic hydroxyl groups is 1. The van der Waals surface area contributed by atoms with Gasteiger partial charge in [0, 0.05) is 29.8 Å². The van der Waals surface area contributed by atoms with Gasteiger partial charge < -0.3 is 15.4 Å². The quantitative estimate of drug-likeness (QED) is 0.497. The first-order valence-corrected chi connectivity index (χ1v) is 9.19. The van der Waals surface area contributed by atoms with E-state index >= 15 is 0 Å². The number of H-pyrrole nitrogens is 1. The molecular weight excluding hydrogens is 360 g/mol. The van der Waals surface area contributed by atoms with Crippen LogP contribution in [0.15, 0.2) is 60.9 Å². The zero-order valence-electron chi connectivity index (χ0n) is 14.4. The minimum absolute atomic E-state index is 0.164. The second-order valence-corrected chi connectivity index (χ2v) is 7.19. The van der Waals surface area contributed by atoms with Crippen LogP contribution in [0.2, 0.25) is 5.02 Å². The molecule has 4 aromatic rings. The number of pyridine rings is 2. The van der Waals surface area contributed by atoms with Crippen LogP contribution in [0.1, 0.15) is 17.2 Å². The number of aromatic nitrogens is 3. The Hall–Kier alpha value is -2.89. The second kappa shape index (κ2) is 6.37. The summed E-state index contributed by atoms with van der Waals surface area (Å²) in [6.07, 6.45) is 3.69. The first kappa shape index (κ1) is 16.3. The zero-order valence-corrected chi connectivity index (χ0v) is 15.1. The molecule has 3 N–H and O–H groups in total. The van der Waals surface area contributed by atoms with Gasteiger partial charge in [-0.2, -0.15) is 0 Å². The highest BCUT2D eigenvalue weighted by Crippen LogP contribution is 2.34. The maximum Gasteiger partial charge on any atom is 0.138 e. The molecule has 0 unspecified atom stereocenters. The minimum atomic E-state index is -0.469. The number of nitrogens with one attached hydrogen (secondary N) is 2.